The molecule has 0 saturated heterocycles. The number of benzene rings is 2. The highest BCUT2D eigenvalue weighted by atomic mass is 127. The minimum absolute atomic E-state index is 0.0540. The van der Waals surface area contributed by atoms with Gasteiger partial charge in [0.1, 0.15) is 5.75 Å². The number of carbonyl (C=O) groups is 1. The van der Waals surface area contributed by atoms with Crippen molar-refractivity contribution in [2.45, 2.75) is 6.54 Å². The highest BCUT2D eigenvalue weighted by molar-refractivity contribution is 14.1. The molecule has 3 rings (SSSR count). The zero-order valence-corrected chi connectivity index (χ0v) is 12.8. The normalized spacial score (nSPS) is 13.8. The minimum atomic E-state index is -0.0540. The van der Waals surface area contributed by atoms with E-state index < -0.39 is 0 Å². The van der Waals surface area contributed by atoms with E-state index in [9.17, 15) is 4.79 Å². The van der Waals surface area contributed by atoms with Crippen molar-refractivity contribution in [2.24, 2.45) is 0 Å². The number of amides is 1. The second-order valence-corrected chi connectivity index (χ2v) is 5.87. The summed E-state index contributed by atoms with van der Waals surface area (Å²) in [5, 5.41) is 0. The molecule has 102 valence electrons. The lowest BCUT2D eigenvalue weighted by molar-refractivity contribution is -0.121. The lowest BCUT2D eigenvalue weighted by Gasteiger charge is -2.29. The minimum Gasteiger partial charge on any atom is -0.482 e. The molecular formula is C15H13IN2O2. The Balaban J connectivity index is 1.94. The average molecular weight is 380 g/mol. The Hall–Kier alpha value is -1.76. The van der Waals surface area contributed by atoms with E-state index in [0.29, 0.717) is 18.0 Å². The topological polar surface area (TPSA) is 55.6 Å². The zero-order chi connectivity index (χ0) is 14.1. The van der Waals surface area contributed by atoms with Crippen molar-refractivity contribution in [3.05, 3.63) is 51.6 Å². The second kappa shape index (κ2) is 5.32. The standard InChI is InChI=1S/C15H13IN2O2/c16-11-3-1-10(2-4-11)8-18-13-7-12(17)5-6-14(13)20-9-15(18)19/h1-7H,8-9,17H2. The van der Waals surface area contributed by atoms with Crippen molar-refractivity contribution in [1.29, 1.82) is 0 Å². The van der Waals surface area contributed by atoms with Crippen molar-refractivity contribution in [3.8, 4) is 5.75 Å². The Morgan fingerprint density at radius 3 is 2.70 bits per heavy atom. The van der Waals surface area contributed by atoms with Crippen molar-refractivity contribution in [3.63, 3.8) is 0 Å². The number of anilines is 2. The van der Waals surface area contributed by atoms with Crippen LogP contribution < -0.4 is 15.4 Å². The molecule has 1 heterocycles. The molecule has 5 heteroatoms. The van der Waals surface area contributed by atoms with Crippen LogP contribution in [0.1, 0.15) is 5.56 Å². The second-order valence-electron chi connectivity index (χ2n) is 4.62. The number of fused-ring (bicyclic) bond motifs is 1. The van der Waals surface area contributed by atoms with Gasteiger partial charge in [-0.3, -0.25) is 4.79 Å². The Bertz CT molecular complexity index is 655. The predicted molar refractivity (Wildman–Crippen MR) is 86.7 cm³/mol. The lowest BCUT2D eigenvalue weighted by atomic mass is 10.1. The van der Waals surface area contributed by atoms with Crippen LogP contribution in [0.2, 0.25) is 0 Å². The highest BCUT2D eigenvalue weighted by Crippen LogP contribution is 2.34. The Morgan fingerprint density at radius 2 is 1.95 bits per heavy atom. The largest absolute Gasteiger partial charge is 0.482 e. The van der Waals surface area contributed by atoms with E-state index in [1.165, 1.54) is 3.57 Å². The van der Waals surface area contributed by atoms with Gasteiger partial charge in [-0.15, -0.1) is 0 Å². The van der Waals surface area contributed by atoms with Gasteiger partial charge in [0.05, 0.1) is 12.2 Å². The van der Waals surface area contributed by atoms with E-state index >= 15 is 0 Å². The van der Waals surface area contributed by atoms with Crippen LogP contribution >= 0.6 is 22.6 Å². The number of nitrogens with two attached hydrogens (primary N) is 1. The van der Waals surface area contributed by atoms with Crippen LogP contribution in [0.25, 0.3) is 0 Å². The molecule has 2 N–H and O–H groups in total. The first-order chi connectivity index (χ1) is 9.63. The molecule has 0 unspecified atom stereocenters. The summed E-state index contributed by atoms with van der Waals surface area (Å²) in [6.45, 7) is 0.594. The number of hydrogen-bond acceptors (Lipinski definition) is 3. The first-order valence-corrected chi connectivity index (χ1v) is 7.28. The van der Waals surface area contributed by atoms with Gasteiger partial charge >= 0.3 is 0 Å². The Morgan fingerprint density at radius 1 is 1.20 bits per heavy atom. The molecule has 0 fully saturated rings. The molecule has 0 spiro atoms. The van der Waals surface area contributed by atoms with Crippen molar-refractivity contribution >= 4 is 39.9 Å². The van der Waals surface area contributed by atoms with Gasteiger partial charge in [0.25, 0.3) is 5.91 Å². The van der Waals surface area contributed by atoms with Crippen molar-refractivity contribution in [2.75, 3.05) is 17.2 Å². The van der Waals surface area contributed by atoms with Gasteiger partial charge in [-0.25, -0.2) is 0 Å². The monoisotopic (exact) mass is 380 g/mol. The van der Waals surface area contributed by atoms with E-state index in [-0.39, 0.29) is 12.5 Å². The quantitative estimate of drug-likeness (QED) is 0.644. The van der Waals surface area contributed by atoms with Gasteiger partial charge in [0.2, 0.25) is 0 Å². The first-order valence-electron chi connectivity index (χ1n) is 6.20. The maximum Gasteiger partial charge on any atom is 0.265 e. The number of nitrogens with zero attached hydrogens (tertiary/aromatic N) is 1. The molecule has 0 radical (unpaired) electrons. The van der Waals surface area contributed by atoms with Crippen LogP contribution in [-0.2, 0) is 11.3 Å². The van der Waals surface area contributed by atoms with Gasteiger partial charge in [-0.05, 0) is 58.5 Å². The van der Waals surface area contributed by atoms with Crippen LogP contribution in [-0.4, -0.2) is 12.5 Å². The van der Waals surface area contributed by atoms with Crippen LogP contribution in [0.3, 0.4) is 0 Å². The SMILES string of the molecule is Nc1ccc2c(c1)N(Cc1ccc(I)cc1)C(=O)CO2. The van der Waals surface area contributed by atoms with Crippen LogP contribution in [0.5, 0.6) is 5.75 Å². The number of ether oxygens (including phenoxy) is 1. The molecule has 0 atom stereocenters. The highest BCUT2D eigenvalue weighted by Gasteiger charge is 2.25. The molecule has 0 bridgehead atoms. The Kier molecular flexibility index (Phi) is 3.52. The summed E-state index contributed by atoms with van der Waals surface area (Å²) < 4.78 is 6.60. The fraction of sp³-hybridized carbons (Fsp3) is 0.133. The van der Waals surface area contributed by atoms with E-state index in [0.717, 1.165) is 11.3 Å². The summed E-state index contributed by atoms with van der Waals surface area (Å²) in [7, 11) is 0. The molecule has 1 amide bonds. The molecule has 0 aromatic heterocycles. The fourth-order valence-corrected chi connectivity index (χ4v) is 2.52. The van der Waals surface area contributed by atoms with Crippen LogP contribution in [0.4, 0.5) is 11.4 Å². The summed E-state index contributed by atoms with van der Waals surface area (Å²) in [6, 6.07) is 13.5. The van der Waals surface area contributed by atoms with Gasteiger partial charge in [0, 0.05) is 9.26 Å². The molecule has 0 aliphatic carbocycles. The maximum atomic E-state index is 12.1. The van der Waals surface area contributed by atoms with E-state index in [4.69, 9.17) is 10.5 Å². The number of hydrogen-bond donors (Lipinski definition) is 1. The van der Waals surface area contributed by atoms with E-state index in [1.807, 2.05) is 24.3 Å². The van der Waals surface area contributed by atoms with Crippen LogP contribution in [0.15, 0.2) is 42.5 Å². The lowest BCUT2D eigenvalue weighted by Crippen LogP contribution is -2.38. The summed E-state index contributed by atoms with van der Waals surface area (Å²) in [6.07, 6.45) is 0. The number of carbonyl (C=O) groups excluding carboxylic acids is 1. The number of nitrogen functional groups attached to an aromatic ring is 1. The molecule has 2 aromatic carbocycles. The number of rotatable bonds is 2. The summed E-state index contributed by atoms with van der Waals surface area (Å²) in [5.41, 5.74) is 8.24. The Labute approximate surface area is 130 Å². The van der Waals surface area contributed by atoms with Gasteiger partial charge < -0.3 is 15.4 Å². The summed E-state index contributed by atoms with van der Waals surface area (Å²) in [5.74, 6) is 0.644. The maximum absolute atomic E-state index is 12.1. The van der Waals surface area contributed by atoms with E-state index in [2.05, 4.69) is 22.6 Å². The summed E-state index contributed by atoms with van der Waals surface area (Å²) >= 11 is 2.26. The van der Waals surface area contributed by atoms with Crippen molar-refractivity contribution in [1.82, 2.24) is 0 Å². The smallest absolute Gasteiger partial charge is 0.265 e. The molecule has 1 aliphatic heterocycles. The molecule has 2 aromatic rings. The van der Waals surface area contributed by atoms with Crippen LogP contribution in [0, 0.1) is 3.57 Å². The zero-order valence-electron chi connectivity index (χ0n) is 10.7. The van der Waals surface area contributed by atoms with Gasteiger partial charge in [0.15, 0.2) is 6.61 Å². The average Bonchev–Trinajstić information content (AvgIpc) is 2.44. The third kappa shape index (κ3) is 2.58. The first kappa shape index (κ1) is 13.2. The third-order valence-corrected chi connectivity index (χ3v) is 3.90. The fourth-order valence-electron chi connectivity index (χ4n) is 2.16. The van der Waals surface area contributed by atoms with Gasteiger partial charge in [-0.2, -0.15) is 0 Å². The number of halogens is 1. The third-order valence-electron chi connectivity index (χ3n) is 3.18. The molecule has 4 nitrogen and oxygen atoms in total. The molecular weight excluding hydrogens is 367 g/mol. The molecule has 20 heavy (non-hydrogen) atoms. The van der Waals surface area contributed by atoms with Crippen molar-refractivity contribution < 1.29 is 9.53 Å². The van der Waals surface area contributed by atoms with Gasteiger partial charge in [-0.1, -0.05) is 12.1 Å². The molecule has 1 aliphatic rings. The summed E-state index contributed by atoms with van der Waals surface area (Å²) in [4.78, 5) is 13.8. The predicted octanol–water partition coefficient (Wildman–Crippen LogP) is 2.80. The molecule has 0 saturated carbocycles. The van der Waals surface area contributed by atoms with E-state index in [1.54, 1.807) is 23.1 Å².